The van der Waals surface area contributed by atoms with E-state index in [9.17, 15) is 88.2 Å². The Hall–Kier alpha value is -6.95. The van der Waals surface area contributed by atoms with Crippen LogP contribution in [0.15, 0.2) is 48.5 Å². The Bertz CT molecular complexity index is 3090. The Morgan fingerprint density at radius 3 is 1.78 bits per heavy atom. The van der Waals surface area contributed by atoms with Crippen LogP contribution in [0.25, 0.3) is 0 Å². The zero-order valence-electron chi connectivity index (χ0n) is 57.7. The van der Waals surface area contributed by atoms with E-state index in [1.54, 1.807) is 68.6 Å². The first-order valence-corrected chi connectivity index (χ1v) is 38.1. The first-order valence-electron chi connectivity index (χ1n) is 34.6. The van der Waals surface area contributed by atoms with Crippen molar-refractivity contribution in [2.24, 2.45) is 5.73 Å². The summed E-state index contributed by atoms with van der Waals surface area (Å²) in [5, 5.41) is 75.0. The number of benzene rings is 2. The van der Waals surface area contributed by atoms with Crippen LogP contribution in [0.3, 0.4) is 0 Å². The minimum Gasteiger partial charge on any atom is -0.480 e. The highest BCUT2D eigenvalue weighted by Gasteiger charge is 2.45. The number of rotatable bonds is 26. The van der Waals surface area contributed by atoms with Gasteiger partial charge in [-0.15, -0.1) is 0 Å². The largest absolute Gasteiger partial charge is 0.480 e. The van der Waals surface area contributed by atoms with E-state index in [1.807, 2.05) is 28.9 Å². The number of nitrogens with zero attached hydrogens (tertiary/aromatic N) is 6. The summed E-state index contributed by atoms with van der Waals surface area (Å²) in [6.45, 7) is 5.12. The van der Waals surface area contributed by atoms with Crippen LogP contribution in [0.5, 0.6) is 0 Å². The van der Waals surface area contributed by atoms with Crippen molar-refractivity contribution in [1.29, 1.82) is 0 Å². The van der Waals surface area contributed by atoms with E-state index in [2.05, 4.69) is 32.7 Å². The molecule has 3 fully saturated rings. The number of ketones is 1. The number of nitrogens with two attached hydrogens (primary N) is 1. The van der Waals surface area contributed by atoms with Gasteiger partial charge in [-0.1, -0.05) is 68.3 Å². The Morgan fingerprint density at radius 1 is 0.644 bits per heavy atom. The second-order valence-corrected chi connectivity index (χ2v) is 29.5. The van der Waals surface area contributed by atoms with Gasteiger partial charge in [0.05, 0.1) is 50.5 Å². The Balaban J connectivity index is 1.25. The summed E-state index contributed by atoms with van der Waals surface area (Å²) in [7, 11) is 0. The molecular weight excluding hydrogens is 1370 g/mol. The van der Waals surface area contributed by atoms with E-state index < -0.39 is 127 Å². The van der Waals surface area contributed by atoms with E-state index in [0.29, 0.717) is 86.1 Å². The first-order chi connectivity index (χ1) is 48.2. The number of unbranched alkanes of at least 4 members (excludes halogenated alkanes) is 2. The number of carboxylic acid groups (broad SMARTS) is 4. The minimum absolute atomic E-state index is 0.0490. The number of carbonyl (C=O) groups excluding carboxylic acids is 8. The molecule has 33 heteroatoms. The van der Waals surface area contributed by atoms with Crippen molar-refractivity contribution in [1.82, 2.24) is 56.0 Å². The van der Waals surface area contributed by atoms with Crippen molar-refractivity contribution in [2.45, 2.75) is 163 Å². The van der Waals surface area contributed by atoms with Crippen molar-refractivity contribution in [3.63, 3.8) is 0 Å². The number of Topliss-reactive ketones (excluding diaryl/α,β-unsaturated/α-hetero) is 1. The molecule has 0 radical (unpaired) electrons. The van der Waals surface area contributed by atoms with Crippen LogP contribution in [0.4, 0.5) is 0 Å². The number of fused-ring (bicyclic) bond motifs is 4. The normalized spacial score (nSPS) is 24.3. The molecule has 4 aliphatic rings. The zero-order valence-corrected chi connectivity index (χ0v) is 60.2. The fourth-order valence-corrected chi connectivity index (χ4v) is 15.6. The SMILES string of the molecule is CCCCCC(=O)N[C@H]1CSCc2cc(CSCCCC(=O)CN3CCN(CC(=O)O)CCN(CC(=O)O)CCN(CC(=O)O)CC3)cc(c2)CSC[C@@H](C(=O)O)NC(=O)[C@H](Cc2ccccc2)NC(=O)[C@H](CCC(N)=O)NC(=O)[C@H]([C@@H](C)O)NC(=O)[C@@H]2C[C@@H](O)CN2C(=O)[C@@H]2CCCN2C1. The lowest BCUT2D eigenvalue weighted by molar-refractivity contribution is -0.143. The second kappa shape index (κ2) is 43.2. The van der Waals surface area contributed by atoms with Crippen molar-refractivity contribution in [3.8, 4) is 0 Å². The van der Waals surface area contributed by atoms with Gasteiger partial charge in [0, 0.05) is 126 Å². The van der Waals surface area contributed by atoms with Gasteiger partial charge in [0.2, 0.25) is 41.4 Å². The van der Waals surface area contributed by atoms with Crippen molar-refractivity contribution in [2.75, 3.05) is 115 Å². The number of aliphatic carboxylic acids is 4. The number of nitrogens with one attached hydrogen (secondary N) is 5. The van der Waals surface area contributed by atoms with E-state index in [-0.39, 0.29) is 115 Å². The molecule has 2 aromatic rings. The molecule has 2 aromatic carbocycles. The molecule has 560 valence electrons. The third-order valence-corrected chi connectivity index (χ3v) is 21.3. The highest BCUT2D eigenvalue weighted by atomic mass is 32.2. The number of aliphatic hydroxyl groups excluding tert-OH is 2. The Kier molecular flexibility index (Phi) is 35.5. The van der Waals surface area contributed by atoms with Crippen LogP contribution >= 0.6 is 35.3 Å². The predicted molar refractivity (Wildman–Crippen MR) is 380 cm³/mol. The maximum absolute atomic E-state index is 14.8. The summed E-state index contributed by atoms with van der Waals surface area (Å²) in [4.78, 5) is 170. The average molecular weight is 1470 g/mol. The third kappa shape index (κ3) is 29.7. The summed E-state index contributed by atoms with van der Waals surface area (Å²) in [6, 6.07) is 5.83. The van der Waals surface area contributed by atoms with Crippen LogP contribution in [0, 0.1) is 0 Å². The molecule has 2 bridgehead atoms. The number of hydrogen-bond acceptors (Lipinski definition) is 22. The minimum atomic E-state index is -1.74. The molecule has 4 aliphatic heterocycles. The predicted octanol–water partition coefficient (Wildman–Crippen LogP) is -0.371. The number of amides is 7. The first kappa shape index (κ1) is 83.0. The summed E-state index contributed by atoms with van der Waals surface area (Å²) in [5.74, 6) is -7.68. The summed E-state index contributed by atoms with van der Waals surface area (Å²) in [6.07, 6.45) is 0.583. The van der Waals surface area contributed by atoms with Crippen molar-refractivity contribution >= 4 is 106 Å². The van der Waals surface area contributed by atoms with Gasteiger partial charge in [-0.3, -0.25) is 77.2 Å². The van der Waals surface area contributed by atoms with Gasteiger partial charge in [-0.05, 0) is 73.6 Å². The zero-order chi connectivity index (χ0) is 73.5. The molecule has 7 amide bonds. The van der Waals surface area contributed by atoms with Gasteiger partial charge in [-0.2, -0.15) is 35.3 Å². The molecule has 0 aromatic heterocycles. The maximum atomic E-state index is 14.8. The van der Waals surface area contributed by atoms with Gasteiger partial charge in [0.25, 0.3) is 0 Å². The number of carboxylic acids is 4. The van der Waals surface area contributed by atoms with Gasteiger partial charge < -0.3 is 67.9 Å². The Labute approximate surface area is 602 Å². The van der Waals surface area contributed by atoms with E-state index in [4.69, 9.17) is 5.73 Å². The molecule has 4 heterocycles. The number of carbonyl (C=O) groups is 12. The fraction of sp³-hybridized carbons (Fsp3) is 0.647. The third-order valence-electron chi connectivity index (χ3n) is 17.9. The summed E-state index contributed by atoms with van der Waals surface area (Å²) < 4.78 is 0. The number of primary amides is 1. The fourth-order valence-electron chi connectivity index (χ4n) is 12.7. The molecule has 0 saturated carbocycles. The van der Waals surface area contributed by atoms with Crippen LogP contribution in [-0.4, -0.2) is 301 Å². The molecule has 9 atom stereocenters. The van der Waals surface area contributed by atoms with Gasteiger partial charge in [0.15, 0.2) is 0 Å². The number of aliphatic hydroxyl groups is 2. The van der Waals surface area contributed by atoms with Gasteiger partial charge in [0.1, 0.15) is 36.0 Å². The molecule has 0 unspecified atom stereocenters. The molecule has 3 saturated heterocycles. The van der Waals surface area contributed by atoms with E-state index >= 15 is 0 Å². The van der Waals surface area contributed by atoms with Crippen molar-refractivity contribution in [3.05, 3.63) is 70.8 Å². The van der Waals surface area contributed by atoms with Crippen LogP contribution in [0.1, 0.15) is 107 Å². The molecule has 101 heavy (non-hydrogen) atoms. The molecule has 0 aliphatic carbocycles. The topological polar surface area (TPSA) is 432 Å². The summed E-state index contributed by atoms with van der Waals surface area (Å²) >= 11 is 4.42. The monoisotopic (exact) mass is 1470 g/mol. The molecule has 13 N–H and O–H groups in total. The molecule has 0 spiro atoms. The number of thioether (sulfide) groups is 3. The van der Waals surface area contributed by atoms with E-state index in [1.165, 1.54) is 23.6 Å². The van der Waals surface area contributed by atoms with E-state index in [0.717, 1.165) is 29.5 Å². The maximum Gasteiger partial charge on any atom is 0.327 e. The average Bonchev–Trinajstić information content (AvgIpc) is 1.67. The van der Waals surface area contributed by atoms with Crippen molar-refractivity contribution < 1.29 is 88.2 Å². The second-order valence-electron chi connectivity index (χ2n) is 26.4. The van der Waals surface area contributed by atoms with Gasteiger partial charge in [-0.25, -0.2) is 4.79 Å². The number of hydrogen-bond donors (Lipinski definition) is 12. The van der Waals surface area contributed by atoms with Crippen LogP contribution in [-0.2, 0) is 81.2 Å². The highest BCUT2D eigenvalue weighted by Crippen LogP contribution is 2.28. The van der Waals surface area contributed by atoms with Gasteiger partial charge >= 0.3 is 23.9 Å². The molecule has 30 nitrogen and oxygen atoms in total. The lowest BCUT2D eigenvalue weighted by Gasteiger charge is -2.33. The lowest BCUT2D eigenvalue weighted by atomic mass is 10.0. The Morgan fingerprint density at radius 2 is 1.22 bits per heavy atom. The lowest BCUT2D eigenvalue weighted by Crippen LogP contribution is -2.61. The highest BCUT2D eigenvalue weighted by molar-refractivity contribution is 7.99. The standard InChI is InChI=1S/C68H102N12O18S3/c1-3-4-6-15-58(85)70-49-33-79-18-9-14-55(79)67(96)80-35-51(83)32-56(80)65(94)74-62(44(2)81)66(95)71-52(16-17-57(69)84)63(92)72-53(31-45-11-7-5-8-12-45)64(93)73-54(68(97)98)43-101-41-48-29-46(28-47(30-48)40-100-42-49)39-99-27-10-13-50(82)34-75-19-21-76(36-59(86)87)23-25-78(38-61(90)91)26-24-77(22-20-75)37-60(88)89/h5,7-8,11-12,28-30,44,49,51-56,62,81,83H,3-4,6,9-10,13-27,31-43H2,1-2H3,(H2,69,84)(H,70,85)(H,71,95)(H,72,92)(H,73,93)(H,74,94)(H,86,87)(H,88,89)(H,90,91)(H,97,98)/t44-,49-,51-,52+,53+,54+,55+,56+,62+/m1/s1. The molecular formula is C68H102N12O18S3. The van der Waals surface area contributed by atoms with Crippen LogP contribution in [0.2, 0.25) is 0 Å². The smallest absolute Gasteiger partial charge is 0.327 e. The summed E-state index contributed by atoms with van der Waals surface area (Å²) in [5.41, 5.74) is 8.77. The van der Waals surface area contributed by atoms with Crippen LogP contribution < -0.4 is 32.3 Å². The molecule has 6 rings (SSSR count). The quantitative estimate of drug-likeness (QED) is 0.0535.